The Balaban J connectivity index is 1.99. The molecule has 0 spiro atoms. The first-order valence-corrected chi connectivity index (χ1v) is 5.66. The first kappa shape index (κ1) is 10.4. The summed E-state index contributed by atoms with van der Waals surface area (Å²) < 4.78 is 2.92. The zero-order valence-electron chi connectivity index (χ0n) is 8.31. The van der Waals surface area contributed by atoms with Crippen LogP contribution in [0.15, 0.2) is 30.5 Å². The van der Waals surface area contributed by atoms with Crippen molar-refractivity contribution in [2.75, 3.05) is 5.32 Å². The highest BCUT2D eigenvalue weighted by Gasteiger charge is 1.98. The topological polar surface area (TPSA) is 42.7 Å². The third kappa shape index (κ3) is 2.92. The predicted molar refractivity (Wildman–Crippen MR) is 67.5 cm³/mol. The smallest absolute Gasteiger partial charge is 0.102 e. The van der Waals surface area contributed by atoms with Crippen LogP contribution in [0, 0.1) is 3.57 Å². The maximum absolute atomic E-state index is 4.00. The van der Waals surface area contributed by atoms with E-state index >= 15 is 0 Å². The zero-order chi connectivity index (χ0) is 10.7. The predicted octanol–water partition coefficient (Wildman–Crippen LogP) is 2.03. The Kier molecular flexibility index (Phi) is 3.20. The van der Waals surface area contributed by atoms with Crippen molar-refractivity contribution in [3.63, 3.8) is 0 Å². The molecule has 0 unspecified atom stereocenters. The van der Waals surface area contributed by atoms with Crippen LogP contribution in [-0.4, -0.2) is 15.0 Å². The van der Waals surface area contributed by atoms with E-state index in [1.54, 1.807) is 4.68 Å². The lowest BCUT2D eigenvalue weighted by molar-refractivity contribution is 0.713. The summed E-state index contributed by atoms with van der Waals surface area (Å²) in [5, 5.41) is 11.2. The highest BCUT2D eigenvalue weighted by molar-refractivity contribution is 14.1. The van der Waals surface area contributed by atoms with Crippen molar-refractivity contribution in [3.05, 3.63) is 39.7 Å². The number of hydrogen-bond donors (Lipinski definition) is 1. The highest BCUT2D eigenvalue weighted by Crippen LogP contribution is 2.12. The molecule has 1 aromatic carbocycles. The molecular weight excluding hydrogens is 303 g/mol. The Morgan fingerprint density at radius 3 is 3.00 bits per heavy atom. The maximum atomic E-state index is 4.00. The number of anilines is 1. The Labute approximate surface area is 102 Å². The van der Waals surface area contributed by atoms with E-state index in [0.717, 1.165) is 11.4 Å². The molecule has 0 aliphatic rings. The van der Waals surface area contributed by atoms with Gasteiger partial charge in [0.25, 0.3) is 0 Å². The van der Waals surface area contributed by atoms with Gasteiger partial charge in [-0.2, -0.15) is 0 Å². The van der Waals surface area contributed by atoms with Crippen molar-refractivity contribution >= 4 is 28.3 Å². The largest absolute Gasteiger partial charge is 0.379 e. The molecule has 0 fully saturated rings. The van der Waals surface area contributed by atoms with E-state index in [4.69, 9.17) is 0 Å². The molecule has 4 nitrogen and oxygen atoms in total. The molecule has 0 aliphatic heterocycles. The summed E-state index contributed by atoms with van der Waals surface area (Å²) in [5.74, 6) is 0. The second-order valence-electron chi connectivity index (χ2n) is 3.25. The first-order chi connectivity index (χ1) is 7.24. The van der Waals surface area contributed by atoms with Gasteiger partial charge in [0.1, 0.15) is 5.69 Å². The fourth-order valence-electron chi connectivity index (χ4n) is 1.27. The second kappa shape index (κ2) is 4.61. The summed E-state index contributed by atoms with van der Waals surface area (Å²) >= 11 is 2.29. The number of aryl methyl sites for hydroxylation is 1. The molecule has 2 rings (SSSR count). The van der Waals surface area contributed by atoms with Crippen molar-refractivity contribution < 1.29 is 0 Å². The average molecular weight is 314 g/mol. The molecule has 5 heteroatoms. The highest BCUT2D eigenvalue weighted by atomic mass is 127. The second-order valence-corrected chi connectivity index (χ2v) is 4.49. The van der Waals surface area contributed by atoms with Crippen molar-refractivity contribution in [1.29, 1.82) is 0 Å². The van der Waals surface area contributed by atoms with Gasteiger partial charge in [-0.05, 0) is 40.8 Å². The Morgan fingerprint density at radius 1 is 1.47 bits per heavy atom. The summed E-state index contributed by atoms with van der Waals surface area (Å²) in [7, 11) is 1.86. The monoisotopic (exact) mass is 314 g/mol. The van der Waals surface area contributed by atoms with Crippen molar-refractivity contribution in [2.45, 2.75) is 6.54 Å². The molecule has 0 atom stereocenters. The number of rotatable bonds is 3. The molecule has 0 aliphatic carbocycles. The fraction of sp³-hybridized carbons (Fsp3) is 0.200. The van der Waals surface area contributed by atoms with E-state index in [1.165, 1.54) is 3.57 Å². The summed E-state index contributed by atoms with van der Waals surface area (Å²) in [6, 6.07) is 8.23. The minimum atomic E-state index is 0.702. The lowest BCUT2D eigenvalue weighted by Crippen LogP contribution is -1.99. The summed E-state index contributed by atoms with van der Waals surface area (Å²) in [6.45, 7) is 0.702. The Hall–Kier alpha value is -1.11. The number of nitrogens with zero attached hydrogens (tertiary/aromatic N) is 3. The number of benzene rings is 1. The molecular formula is C10H11IN4. The molecule has 0 amide bonds. The lowest BCUT2D eigenvalue weighted by atomic mass is 10.3. The van der Waals surface area contributed by atoms with Crippen LogP contribution in [-0.2, 0) is 13.6 Å². The molecule has 0 radical (unpaired) electrons. The standard InChI is InChI=1S/C10H11IN4/c1-15-7-10(13-14-15)6-12-9-4-2-3-8(11)5-9/h2-5,7,12H,6H2,1H3. The van der Waals surface area contributed by atoms with Gasteiger partial charge >= 0.3 is 0 Å². The van der Waals surface area contributed by atoms with E-state index in [0.29, 0.717) is 6.54 Å². The molecule has 0 saturated carbocycles. The maximum Gasteiger partial charge on any atom is 0.102 e. The quantitative estimate of drug-likeness (QED) is 0.882. The van der Waals surface area contributed by atoms with E-state index in [9.17, 15) is 0 Å². The van der Waals surface area contributed by atoms with Crippen LogP contribution in [0.3, 0.4) is 0 Å². The van der Waals surface area contributed by atoms with Crippen molar-refractivity contribution in [1.82, 2.24) is 15.0 Å². The van der Waals surface area contributed by atoms with Crippen LogP contribution in [0.2, 0.25) is 0 Å². The normalized spacial score (nSPS) is 10.3. The van der Waals surface area contributed by atoms with Crippen LogP contribution in [0.25, 0.3) is 0 Å². The summed E-state index contributed by atoms with van der Waals surface area (Å²) in [4.78, 5) is 0. The summed E-state index contributed by atoms with van der Waals surface area (Å²) in [6.07, 6.45) is 1.90. The minimum Gasteiger partial charge on any atom is -0.379 e. The number of nitrogens with one attached hydrogen (secondary N) is 1. The molecule has 1 aromatic heterocycles. The summed E-state index contributed by atoms with van der Waals surface area (Å²) in [5.41, 5.74) is 2.05. The molecule has 78 valence electrons. The first-order valence-electron chi connectivity index (χ1n) is 4.59. The lowest BCUT2D eigenvalue weighted by Gasteiger charge is -2.03. The van der Waals surface area contributed by atoms with Gasteiger partial charge in [-0.25, -0.2) is 0 Å². The van der Waals surface area contributed by atoms with Crippen molar-refractivity contribution in [2.24, 2.45) is 7.05 Å². The van der Waals surface area contributed by atoms with Gasteiger partial charge in [0.2, 0.25) is 0 Å². The van der Waals surface area contributed by atoms with Gasteiger partial charge in [-0.3, -0.25) is 4.68 Å². The number of hydrogen-bond acceptors (Lipinski definition) is 3. The number of halogens is 1. The molecule has 1 N–H and O–H groups in total. The van der Waals surface area contributed by atoms with Crippen LogP contribution < -0.4 is 5.32 Å². The minimum absolute atomic E-state index is 0.702. The van der Waals surface area contributed by atoms with Gasteiger partial charge in [0.05, 0.1) is 6.54 Å². The van der Waals surface area contributed by atoms with E-state index in [-0.39, 0.29) is 0 Å². The van der Waals surface area contributed by atoms with Crippen LogP contribution in [0.5, 0.6) is 0 Å². The van der Waals surface area contributed by atoms with Gasteiger partial charge in [-0.1, -0.05) is 11.3 Å². The van der Waals surface area contributed by atoms with Crippen molar-refractivity contribution in [3.8, 4) is 0 Å². The van der Waals surface area contributed by atoms with E-state index in [1.807, 2.05) is 25.4 Å². The molecule has 0 bridgehead atoms. The molecule has 2 aromatic rings. The third-order valence-electron chi connectivity index (χ3n) is 1.95. The number of aromatic nitrogens is 3. The van der Waals surface area contributed by atoms with Gasteiger partial charge in [0.15, 0.2) is 0 Å². The van der Waals surface area contributed by atoms with Crippen LogP contribution in [0.1, 0.15) is 5.69 Å². The molecule has 1 heterocycles. The van der Waals surface area contributed by atoms with Crippen LogP contribution >= 0.6 is 22.6 Å². The Morgan fingerprint density at radius 2 is 2.33 bits per heavy atom. The van der Waals surface area contributed by atoms with Crippen LogP contribution in [0.4, 0.5) is 5.69 Å². The SMILES string of the molecule is Cn1cc(CNc2cccc(I)c2)nn1. The van der Waals surface area contributed by atoms with E-state index in [2.05, 4.69) is 50.4 Å². The fourth-order valence-corrected chi connectivity index (χ4v) is 1.81. The zero-order valence-corrected chi connectivity index (χ0v) is 10.5. The van der Waals surface area contributed by atoms with Gasteiger partial charge in [0, 0.05) is 22.5 Å². The van der Waals surface area contributed by atoms with Gasteiger partial charge in [-0.15, -0.1) is 5.10 Å². The molecule has 0 saturated heterocycles. The Bertz CT molecular complexity index is 452. The van der Waals surface area contributed by atoms with Gasteiger partial charge < -0.3 is 5.32 Å². The van der Waals surface area contributed by atoms with E-state index < -0.39 is 0 Å². The average Bonchev–Trinajstić information content (AvgIpc) is 2.62. The molecule has 15 heavy (non-hydrogen) atoms. The third-order valence-corrected chi connectivity index (χ3v) is 2.62.